The number of primary amides is 1. The van der Waals surface area contributed by atoms with E-state index in [0.717, 1.165) is 36.9 Å². The van der Waals surface area contributed by atoms with Crippen LogP contribution in [-0.2, 0) is 25.5 Å². The van der Waals surface area contributed by atoms with Crippen LogP contribution in [0, 0.1) is 11.3 Å². The average Bonchev–Trinajstić information content (AvgIpc) is 2.81. The monoisotopic (exact) mass is 474 g/mol. The van der Waals surface area contributed by atoms with Gasteiger partial charge in [0.1, 0.15) is 5.92 Å². The molecule has 1 heterocycles. The van der Waals surface area contributed by atoms with E-state index in [0.29, 0.717) is 12.8 Å². The maximum absolute atomic E-state index is 13.8. The largest absolute Gasteiger partial charge is 0.453 e. The molecule has 0 saturated carbocycles. The second-order valence-electron chi connectivity index (χ2n) is 9.48. The fourth-order valence-electron chi connectivity index (χ4n) is 3.97. The van der Waals surface area contributed by atoms with Gasteiger partial charge < -0.3 is 26.0 Å². The van der Waals surface area contributed by atoms with Crippen LogP contribution >= 0.6 is 0 Å². The number of carbonyl (C=O) groups excluding carboxylic acids is 4. The molecule has 2 atom stereocenters. The lowest BCUT2D eigenvalue weighted by Gasteiger charge is -2.36. The third kappa shape index (κ3) is 7.20. The van der Waals surface area contributed by atoms with Crippen LogP contribution in [0.3, 0.4) is 0 Å². The summed E-state index contributed by atoms with van der Waals surface area (Å²) in [6.45, 7) is 5.68. The highest BCUT2D eigenvalue weighted by Gasteiger charge is 2.37. The standard InChI is InChI=1S/C25H38N4O5/c1-5-6-7-8-12-19(21(30)27-16-25(2,3)23(26)32)22(31)29-15-18(28-24(33)34-4)14-17-11-9-10-13-20(17)29/h9-11,13,18-19H,5-8,12,14-16H2,1-4H3,(H2,26,32)(H,27,30)(H,28,33). The molecule has 1 aliphatic heterocycles. The molecule has 1 aromatic rings. The van der Waals surface area contributed by atoms with Gasteiger partial charge in [0, 0.05) is 18.8 Å². The first-order valence-electron chi connectivity index (χ1n) is 11.9. The summed E-state index contributed by atoms with van der Waals surface area (Å²) in [4.78, 5) is 52.0. The van der Waals surface area contributed by atoms with Gasteiger partial charge in [0.15, 0.2) is 0 Å². The van der Waals surface area contributed by atoms with Crippen molar-refractivity contribution in [1.82, 2.24) is 10.6 Å². The molecular weight excluding hydrogens is 436 g/mol. The van der Waals surface area contributed by atoms with Crippen LogP contribution in [0.1, 0.15) is 58.4 Å². The number of amides is 4. The molecular formula is C25H38N4O5. The van der Waals surface area contributed by atoms with Crippen molar-refractivity contribution in [1.29, 1.82) is 0 Å². The number of fused-ring (bicyclic) bond motifs is 1. The molecule has 0 aromatic heterocycles. The zero-order valence-electron chi connectivity index (χ0n) is 20.7. The summed E-state index contributed by atoms with van der Waals surface area (Å²) in [7, 11) is 1.29. The molecule has 2 rings (SSSR count). The van der Waals surface area contributed by atoms with Gasteiger partial charge in [-0.05, 0) is 38.3 Å². The Kier molecular flexibility index (Phi) is 9.89. The molecule has 4 N–H and O–H groups in total. The zero-order valence-corrected chi connectivity index (χ0v) is 20.7. The van der Waals surface area contributed by atoms with Gasteiger partial charge in [0.25, 0.3) is 0 Å². The van der Waals surface area contributed by atoms with Crippen molar-refractivity contribution in [2.45, 2.75) is 65.3 Å². The predicted molar refractivity (Wildman–Crippen MR) is 130 cm³/mol. The van der Waals surface area contributed by atoms with Crippen LogP contribution in [0.5, 0.6) is 0 Å². The SMILES string of the molecule is CCCCCCC(C(=O)NCC(C)(C)C(N)=O)C(=O)N1CC(NC(=O)OC)Cc2ccccc21. The lowest BCUT2D eigenvalue weighted by Crippen LogP contribution is -2.54. The van der Waals surface area contributed by atoms with Crippen LogP contribution in [-0.4, -0.2) is 50.1 Å². The Morgan fingerprint density at radius 1 is 1.18 bits per heavy atom. The summed E-state index contributed by atoms with van der Waals surface area (Å²) >= 11 is 0. The van der Waals surface area contributed by atoms with Crippen molar-refractivity contribution >= 4 is 29.5 Å². The number of alkyl carbamates (subject to hydrolysis) is 1. The molecule has 0 radical (unpaired) electrons. The first kappa shape index (κ1) is 27.1. The van der Waals surface area contributed by atoms with E-state index in [1.807, 2.05) is 24.3 Å². The second-order valence-corrected chi connectivity index (χ2v) is 9.48. The quantitative estimate of drug-likeness (QED) is 0.335. The molecule has 2 unspecified atom stereocenters. The van der Waals surface area contributed by atoms with E-state index in [-0.39, 0.29) is 25.0 Å². The molecule has 9 nitrogen and oxygen atoms in total. The third-order valence-corrected chi connectivity index (χ3v) is 6.26. The first-order valence-corrected chi connectivity index (χ1v) is 11.9. The molecule has 9 heteroatoms. The molecule has 188 valence electrons. The normalized spacial score (nSPS) is 16.2. The van der Waals surface area contributed by atoms with Crippen molar-refractivity contribution in [3.8, 4) is 0 Å². The minimum atomic E-state index is -0.932. The Morgan fingerprint density at radius 3 is 2.53 bits per heavy atom. The Bertz CT molecular complexity index is 886. The molecule has 0 spiro atoms. The molecule has 34 heavy (non-hydrogen) atoms. The van der Waals surface area contributed by atoms with E-state index >= 15 is 0 Å². The molecule has 4 amide bonds. The third-order valence-electron chi connectivity index (χ3n) is 6.26. The fraction of sp³-hybridized carbons (Fsp3) is 0.600. The van der Waals surface area contributed by atoms with Gasteiger partial charge in [-0.3, -0.25) is 14.4 Å². The summed E-state index contributed by atoms with van der Waals surface area (Å²) in [5.74, 6) is -2.18. The lowest BCUT2D eigenvalue weighted by atomic mass is 9.91. The highest BCUT2D eigenvalue weighted by Crippen LogP contribution is 2.29. The van der Waals surface area contributed by atoms with Gasteiger partial charge in [-0.25, -0.2) is 4.79 Å². The number of unbranched alkanes of at least 4 members (excludes halogenated alkanes) is 3. The second kappa shape index (κ2) is 12.4. The zero-order chi connectivity index (χ0) is 25.3. The van der Waals surface area contributed by atoms with E-state index in [4.69, 9.17) is 10.5 Å². The van der Waals surface area contributed by atoms with E-state index in [1.165, 1.54) is 7.11 Å². The van der Waals surface area contributed by atoms with Gasteiger partial charge in [-0.15, -0.1) is 0 Å². The molecule has 0 fully saturated rings. The summed E-state index contributed by atoms with van der Waals surface area (Å²) in [5, 5.41) is 5.54. The lowest BCUT2D eigenvalue weighted by molar-refractivity contribution is -0.134. The van der Waals surface area contributed by atoms with E-state index < -0.39 is 29.2 Å². The number of hydrogen-bond donors (Lipinski definition) is 3. The summed E-state index contributed by atoms with van der Waals surface area (Å²) in [6.07, 6.45) is 4.09. The topological polar surface area (TPSA) is 131 Å². The maximum Gasteiger partial charge on any atom is 0.407 e. The predicted octanol–water partition coefficient (Wildman–Crippen LogP) is 2.51. The summed E-state index contributed by atoms with van der Waals surface area (Å²) in [6, 6.07) is 7.14. The Labute approximate surface area is 201 Å². The van der Waals surface area contributed by atoms with E-state index in [9.17, 15) is 19.2 Å². The number of methoxy groups -OCH3 is 1. The summed E-state index contributed by atoms with van der Waals surface area (Å²) < 4.78 is 4.73. The van der Waals surface area contributed by atoms with Gasteiger partial charge in [0.2, 0.25) is 17.7 Å². The van der Waals surface area contributed by atoms with E-state index in [1.54, 1.807) is 18.7 Å². The van der Waals surface area contributed by atoms with Crippen molar-refractivity contribution in [3.05, 3.63) is 29.8 Å². The molecule has 0 bridgehead atoms. The number of ether oxygens (including phenoxy) is 1. The highest BCUT2D eigenvalue weighted by atomic mass is 16.5. The number of anilines is 1. The Balaban J connectivity index is 2.27. The summed E-state index contributed by atoms with van der Waals surface area (Å²) in [5.41, 5.74) is 6.14. The number of para-hydroxylation sites is 1. The van der Waals surface area contributed by atoms with Gasteiger partial charge in [-0.2, -0.15) is 0 Å². The Hall–Kier alpha value is -3.10. The smallest absolute Gasteiger partial charge is 0.407 e. The maximum atomic E-state index is 13.8. The number of rotatable bonds is 11. The highest BCUT2D eigenvalue weighted by molar-refractivity contribution is 6.08. The van der Waals surface area contributed by atoms with Gasteiger partial charge >= 0.3 is 6.09 Å². The van der Waals surface area contributed by atoms with E-state index in [2.05, 4.69) is 17.6 Å². The molecule has 1 aliphatic rings. The van der Waals surface area contributed by atoms with Crippen molar-refractivity contribution < 1.29 is 23.9 Å². The van der Waals surface area contributed by atoms with Crippen LogP contribution in [0.4, 0.5) is 10.5 Å². The molecule has 1 aromatic carbocycles. The van der Waals surface area contributed by atoms with Gasteiger partial charge in [-0.1, -0.05) is 50.8 Å². The minimum absolute atomic E-state index is 0.0447. The van der Waals surface area contributed by atoms with Crippen LogP contribution in [0.15, 0.2) is 24.3 Å². The number of carbonyl (C=O) groups is 4. The number of nitrogens with two attached hydrogens (primary N) is 1. The van der Waals surface area contributed by atoms with Gasteiger partial charge in [0.05, 0.1) is 18.6 Å². The molecule has 0 saturated heterocycles. The van der Waals surface area contributed by atoms with Crippen molar-refractivity contribution in [2.24, 2.45) is 17.1 Å². The molecule has 0 aliphatic carbocycles. The number of nitrogens with one attached hydrogen (secondary N) is 2. The van der Waals surface area contributed by atoms with Crippen molar-refractivity contribution in [2.75, 3.05) is 25.1 Å². The number of nitrogens with zero attached hydrogens (tertiary/aromatic N) is 1. The fourth-order valence-corrected chi connectivity index (χ4v) is 3.97. The van der Waals surface area contributed by atoms with Crippen LogP contribution in [0.2, 0.25) is 0 Å². The number of benzene rings is 1. The Morgan fingerprint density at radius 2 is 1.88 bits per heavy atom. The number of hydrogen-bond acceptors (Lipinski definition) is 5. The van der Waals surface area contributed by atoms with Crippen LogP contribution in [0.25, 0.3) is 0 Å². The van der Waals surface area contributed by atoms with Crippen LogP contribution < -0.4 is 21.3 Å². The minimum Gasteiger partial charge on any atom is -0.453 e. The average molecular weight is 475 g/mol. The first-order chi connectivity index (χ1) is 16.1. The van der Waals surface area contributed by atoms with Crippen molar-refractivity contribution in [3.63, 3.8) is 0 Å².